The van der Waals surface area contributed by atoms with Crippen molar-refractivity contribution in [2.24, 2.45) is 28.1 Å². The van der Waals surface area contributed by atoms with Gasteiger partial charge in [0.2, 0.25) is 0 Å². The minimum absolute atomic E-state index is 0.00414. The first-order valence-corrected chi connectivity index (χ1v) is 13.7. The maximum Gasteiger partial charge on any atom is 0.302 e. The molecule has 3 aliphatic carbocycles. The fourth-order valence-corrected chi connectivity index (χ4v) is 7.96. The Labute approximate surface area is 219 Å². The molecule has 0 radical (unpaired) electrons. The third-order valence-electron chi connectivity index (χ3n) is 10.3. The molecule has 0 amide bonds. The number of carbonyl (C=O) groups is 1. The van der Waals surface area contributed by atoms with Crippen molar-refractivity contribution in [3.05, 3.63) is 11.6 Å². The smallest absolute Gasteiger partial charge is 0.302 e. The van der Waals surface area contributed by atoms with Crippen LogP contribution in [0.1, 0.15) is 73.1 Å². The Bertz CT molecular complexity index is 872. The van der Waals surface area contributed by atoms with E-state index in [4.69, 9.17) is 14.2 Å². The molecule has 3 fully saturated rings. The van der Waals surface area contributed by atoms with Gasteiger partial charge in [-0.05, 0) is 61.2 Å². The number of fused-ring (bicyclic) bond motifs is 3. The Morgan fingerprint density at radius 1 is 1.08 bits per heavy atom. The fourth-order valence-electron chi connectivity index (χ4n) is 7.96. The van der Waals surface area contributed by atoms with Crippen molar-refractivity contribution >= 4 is 5.97 Å². The number of aliphatic hydroxyl groups excluding tert-OH is 5. The van der Waals surface area contributed by atoms with Gasteiger partial charge in [-0.15, -0.1) is 0 Å². The van der Waals surface area contributed by atoms with Gasteiger partial charge in [0, 0.05) is 12.3 Å². The molecule has 0 bridgehead atoms. The van der Waals surface area contributed by atoms with Gasteiger partial charge >= 0.3 is 5.97 Å². The zero-order chi connectivity index (χ0) is 27.3. The van der Waals surface area contributed by atoms with E-state index in [0.29, 0.717) is 11.8 Å². The average molecular weight is 527 g/mol. The predicted octanol–water partition coefficient (Wildman–Crippen LogP) is 1.67. The molecule has 4 rings (SSSR count). The van der Waals surface area contributed by atoms with Crippen LogP contribution in [0.15, 0.2) is 11.6 Å². The highest BCUT2D eigenvalue weighted by atomic mass is 16.7. The summed E-state index contributed by atoms with van der Waals surface area (Å²) >= 11 is 0. The van der Waals surface area contributed by atoms with Crippen molar-refractivity contribution in [2.45, 2.75) is 116 Å². The van der Waals surface area contributed by atoms with Crippen LogP contribution in [0.2, 0.25) is 0 Å². The standard InChI is InChI=1S/C28H46O9/c1-15(30)35-14-20(31)27(4)10-8-17-16(12-27)6-7-19-26(2,3)21(9-11-28(17,19)5)37-25-24(34)23(33)22(32)18(13-29)36-25/h12,17-25,29,31-34H,6-11,13-14H2,1-5H3/t17-,18-,19-,20+,21-,22-,23+,24-,25-,27+,28+/m1/s1. The summed E-state index contributed by atoms with van der Waals surface area (Å²) in [6.07, 6.45) is 0.254. The summed E-state index contributed by atoms with van der Waals surface area (Å²) < 4.78 is 17.1. The second-order valence-corrected chi connectivity index (χ2v) is 12.9. The van der Waals surface area contributed by atoms with Gasteiger partial charge < -0.3 is 39.7 Å². The van der Waals surface area contributed by atoms with E-state index >= 15 is 0 Å². The Hall–Kier alpha value is -1.07. The summed E-state index contributed by atoms with van der Waals surface area (Å²) in [5.74, 6) is 0.357. The minimum Gasteiger partial charge on any atom is -0.463 e. The Kier molecular flexibility index (Phi) is 8.20. The molecule has 9 heteroatoms. The Morgan fingerprint density at radius 2 is 1.78 bits per heavy atom. The van der Waals surface area contributed by atoms with Crippen LogP contribution in [0.3, 0.4) is 0 Å². The maximum absolute atomic E-state index is 11.2. The molecule has 0 unspecified atom stereocenters. The summed E-state index contributed by atoms with van der Waals surface area (Å²) in [7, 11) is 0. The van der Waals surface area contributed by atoms with Crippen LogP contribution in [0.5, 0.6) is 0 Å². The molecular formula is C28H46O9. The monoisotopic (exact) mass is 526 g/mol. The van der Waals surface area contributed by atoms with E-state index < -0.39 is 48.8 Å². The molecule has 11 atom stereocenters. The lowest BCUT2D eigenvalue weighted by molar-refractivity contribution is -0.327. The van der Waals surface area contributed by atoms with Crippen molar-refractivity contribution in [3.63, 3.8) is 0 Å². The van der Waals surface area contributed by atoms with E-state index in [0.717, 1.165) is 38.5 Å². The first kappa shape index (κ1) is 28.9. The summed E-state index contributed by atoms with van der Waals surface area (Å²) in [4.78, 5) is 11.2. The summed E-state index contributed by atoms with van der Waals surface area (Å²) in [6, 6.07) is 0. The fraction of sp³-hybridized carbons (Fsp3) is 0.893. The minimum atomic E-state index is -1.46. The maximum atomic E-state index is 11.2. The average Bonchev–Trinajstić information content (AvgIpc) is 2.83. The third kappa shape index (κ3) is 5.13. The first-order valence-electron chi connectivity index (χ1n) is 13.7. The quantitative estimate of drug-likeness (QED) is 0.198. The molecule has 0 spiro atoms. The second-order valence-electron chi connectivity index (χ2n) is 12.9. The molecule has 1 aliphatic heterocycles. The van der Waals surface area contributed by atoms with Gasteiger partial charge in [-0.1, -0.05) is 39.3 Å². The number of aliphatic hydroxyl groups is 5. The SMILES string of the molecule is CC(=O)OC[C@H](O)[C@]1(C)C=C2CC[C@@H]3C(C)(C)[C@H](O[C@H]4O[C@H](CO)[C@@H](O)[C@H](O)[C@H]4O)CC[C@@]3(C)[C@@H]2CC1. The number of esters is 1. The Morgan fingerprint density at radius 3 is 2.43 bits per heavy atom. The number of carbonyl (C=O) groups excluding carboxylic acids is 1. The van der Waals surface area contributed by atoms with Gasteiger partial charge in [0.15, 0.2) is 6.29 Å². The zero-order valence-corrected chi connectivity index (χ0v) is 22.8. The van der Waals surface area contributed by atoms with Gasteiger partial charge in [0.25, 0.3) is 0 Å². The number of hydrogen-bond donors (Lipinski definition) is 5. The lowest BCUT2D eigenvalue weighted by Gasteiger charge is -2.62. The molecular weight excluding hydrogens is 480 g/mol. The summed E-state index contributed by atoms with van der Waals surface area (Å²) in [6.45, 7) is 9.70. The highest BCUT2D eigenvalue weighted by Crippen LogP contribution is 2.64. The van der Waals surface area contributed by atoms with Crippen LogP contribution in [-0.4, -0.2) is 87.6 Å². The predicted molar refractivity (Wildman–Crippen MR) is 134 cm³/mol. The van der Waals surface area contributed by atoms with Crippen LogP contribution < -0.4 is 0 Å². The number of rotatable bonds is 6. The molecule has 2 saturated carbocycles. The van der Waals surface area contributed by atoms with Gasteiger partial charge in [0.1, 0.15) is 31.0 Å². The van der Waals surface area contributed by atoms with Crippen molar-refractivity contribution in [1.82, 2.24) is 0 Å². The number of allylic oxidation sites excluding steroid dienone is 1. The second kappa shape index (κ2) is 10.5. The van der Waals surface area contributed by atoms with Gasteiger partial charge in [-0.25, -0.2) is 0 Å². The lowest BCUT2D eigenvalue weighted by atomic mass is 9.45. The van der Waals surface area contributed by atoms with Crippen LogP contribution in [0.4, 0.5) is 0 Å². The first-order chi connectivity index (χ1) is 17.2. The van der Waals surface area contributed by atoms with Gasteiger partial charge in [-0.3, -0.25) is 4.79 Å². The molecule has 212 valence electrons. The highest BCUT2D eigenvalue weighted by Gasteiger charge is 2.59. The van der Waals surface area contributed by atoms with E-state index in [9.17, 15) is 30.3 Å². The molecule has 1 heterocycles. The molecule has 5 N–H and O–H groups in total. The van der Waals surface area contributed by atoms with Crippen LogP contribution in [-0.2, 0) is 19.0 Å². The Balaban J connectivity index is 1.50. The van der Waals surface area contributed by atoms with Gasteiger partial charge in [0.05, 0.1) is 18.8 Å². The van der Waals surface area contributed by atoms with Crippen LogP contribution in [0.25, 0.3) is 0 Å². The van der Waals surface area contributed by atoms with Crippen LogP contribution >= 0.6 is 0 Å². The van der Waals surface area contributed by atoms with Crippen molar-refractivity contribution < 1.29 is 44.5 Å². The van der Waals surface area contributed by atoms with E-state index in [1.165, 1.54) is 12.5 Å². The van der Waals surface area contributed by atoms with E-state index in [1.54, 1.807) is 0 Å². The lowest BCUT2D eigenvalue weighted by Crippen LogP contribution is -2.62. The van der Waals surface area contributed by atoms with Crippen molar-refractivity contribution in [2.75, 3.05) is 13.2 Å². The molecule has 1 saturated heterocycles. The van der Waals surface area contributed by atoms with Gasteiger partial charge in [-0.2, -0.15) is 0 Å². The van der Waals surface area contributed by atoms with E-state index in [-0.39, 0.29) is 29.5 Å². The summed E-state index contributed by atoms with van der Waals surface area (Å²) in [5, 5.41) is 51.2. The topological polar surface area (TPSA) is 146 Å². The van der Waals surface area contributed by atoms with Crippen molar-refractivity contribution in [3.8, 4) is 0 Å². The van der Waals surface area contributed by atoms with E-state index in [2.05, 4.69) is 26.8 Å². The van der Waals surface area contributed by atoms with Crippen LogP contribution in [0, 0.1) is 28.1 Å². The molecule has 0 aromatic rings. The van der Waals surface area contributed by atoms with Crippen molar-refractivity contribution in [1.29, 1.82) is 0 Å². The molecule has 4 aliphatic rings. The normalized spacial score (nSPS) is 46.3. The largest absolute Gasteiger partial charge is 0.463 e. The highest BCUT2D eigenvalue weighted by molar-refractivity contribution is 5.65. The molecule has 0 aromatic carbocycles. The molecule has 37 heavy (non-hydrogen) atoms. The number of hydrogen-bond acceptors (Lipinski definition) is 9. The summed E-state index contributed by atoms with van der Waals surface area (Å²) in [5.41, 5.74) is 0.764. The molecule has 9 nitrogen and oxygen atoms in total. The van der Waals surface area contributed by atoms with E-state index in [1.807, 2.05) is 6.92 Å². The number of ether oxygens (including phenoxy) is 3. The third-order valence-corrected chi connectivity index (χ3v) is 10.3. The molecule has 0 aromatic heterocycles. The zero-order valence-electron chi connectivity index (χ0n) is 22.8.